The number of halogens is 2. The second-order valence-electron chi connectivity index (χ2n) is 2.94. The van der Waals surface area contributed by atoms with Gasteiger partial charge in [-0.3, -0.25) is 0 Å². The maximum Gasteiger partial charge on any atom is 0.299 e. The van der Waals surface area contributed by atoms with Gasteiger partial charge in [0.05, 0.1) is 0 Å². The minimum atomic E-state index is 0.417. The Morgan fingerprint density at radius 2 is 1.83 bits per heavy atom. The van der Waals surface area contributed by atoms with Gasteiger partial charge in [0.1, 0.15) is 0 Å². The second kappa shape index (κ2) is 5.08. The predicted molar refractivity (Wildman–Crippen MR) is 63.3 cm³/mol. The molecule has 0 bridgehead atoms. The van der Waals surface area contributed by atoms with Crippen LogP contribution in [-0.2, 0) is 0 Å². The Bertz CT molecular complexity index is 223. The third kappa shape index (κ3) is 3.32. The minimum absolute atomic E-state index is 0.417. The van der Waals surface area contributed by atoms with Crippen LogP contribution in [0.5, 0.6) is 0 Å². The molecule has 0 aliphatic rings. The van der Waals surface area contributed by atoms with Gasteiger partial charge in [0.2, 0.25) is 0 Å². The first-order valence-electron chi connectivity index (χ1n) is 4.03. The molecular weight excluding hydrogens is 279 g/mol. The first-order chi connectivity index (χ1) is 5.70. The number of hydrogen-bond donors (Lipinski definition) is 0. The molecule has 0 saturated heterocycles. The molecule has 0 spiro atoms. The van der Waals surface area contributed by atoms with Crippen LogP contribution in [0.25, 0.3) is 0 Å². The van der Waals surface area contributed by atoms with E-state index < -0.39 is 0 Å². The maximum atomic E-state index is 3.49. The molecule has 0 fully saturated rings. The summed E-state index contributed by atoms with van der Waals surface area (Å²) >= 11 is 6.98. The highest BCUT2D eigenvalue weighted by Crippen LogP contribution is 2.24. The Hall–Kier alpha value is 0.245. The van der Waals surface area contributed by atoms with Gasteiger partial charge in [0, 0.05) is 0 Å². The topological polar surface area (TPSA) is 0 Å². The monoisotopic (exact) mass is 288 g/mol. The van der Waals surface area contributed by atoms with Gasteiger partial charge < -0.3 is 0 Å². The van der Waals surface area contributed by atoms with Gasteiger partial charge in [-0.15, -0.1) is 31.5 Å². The van der Waals surface area contributed by atoms with Gasteiger partial charge >= 0.3 is 0 Å². The Labute approximate surface area is 90.8 Å². The van der Waals surface area contributed by atoms with Gasteiger partial charge in [-0.25, -0.2) is 0 Å². The molecule has 0 heterocycles. The number of rotatable bonds is 3. The fraction of sp³-hybridized carbons (Fsp3) is 0.333. The molecule has 1 aromatic rings. The van der Waals surface area contributed by atoms with E-state index in [1.54, 1.807) is 0 Å². The lowest BCUT2D eigenvalue weighted by Crippen LogP contribution is -1.99. The Balaban J connectivity index is 2.59. The Kier molecular flexibility index (Phi) is 4.37. The van der Waals surface area contributed by atoms with Crippen molar-refractivity contribution in [2.75, 3.05) is 0 Å². The summed E-state index contributed by atoms with van der Waals surface area (Å²) in [6.45, 7) is 2.24. The van der Waals surface area contributed by atoms with Crippen molar-refractivity contribution in [1.82, 2.24) is 0 Å². The van der Waals surface area contributed by atoms with Crippen molar-refractivity contribution in [1.29, 1.82) is 0 Å². The van der Waals surface area contributed by atoms with Gasteiger partial charge in [0.25, 0.3) is 4.36 Å². The molecule has 0 aliphatic carbocycles. The molecule has 1 atom stereocenters. The summed E-state index contributed by atoms with van der Waals surface area (Å²) in [6, 6.07) is 10.6. The smallest absolute Gasteiger partial charge is 0.139 e. The number of hydrogen-bond acceptors (Lipinski definition) is 0. The lowest BCUT2D eigenvalue weighted by molar-refractivity contribution is 0.862. The van der Waals surface area contributed by atoms with Crippen molar-refractivity contribution >= 4 is 35.9 Å². The average molecular weight is 290 g/mol. The van der Waals surface area contributed by atoms with E-state index >= 15 is 0 Å². The van der Waals surface area contributed by atoms with Crippen molar-refractivity contribution in [2.45, 2.75) is 19.2 Å². The van der Waals surface area contributed by atoms with E-state index in [9.17, 15) is 0 Å². The third-order valence-electron chi connectivity index (χ3n) is 1.90. The van der Waals surface area contributed by atoms with E-state index in [2.05, 4.69) is 68.8 Å². The predicted octanol–water partition coefficient (Wildman–Crippen LogP) is 4.07. The van der Waals surface area contributed by atoms with Crippen LogP contribution in [0, 0.1) is 0 Å². The average Bonchev–Trinajstić information content (AvgIpc) is 2.05. The summed E-state index contributed by atoms with van der Waals surface area (Å²) in [4.78, 5) is 0. The van der Waals surface area contributed by atoms with Crippen molar-refractivity contribution < 1.29 is 0 Å². The zero-order valence-corrected chi connectivity index (χ0v) is 10.2. The van der Waals surface area contributed by atoms with Crippen LogP contribution in [0.3, 0.4) is 0 Å². The van der Waals surface area contributed by atoms with Crippen LogP contribution in [0.4, 0.5) is 0 Å². The van der Waals surface area contributed by atoms with E-state index in [4.69, 9.17) is 0 Å². The highest BCUT2D eigenvalue weighted by atomic mass is 79.9. The molecule has 0 N–H and O–H groups in total. The molecule has 0 nitrogen and oxygen atoms in total. The minimum Gasteiger partial charge on any atom is -0.139 e. The molecular formula is C9H11BBr2. The van der Waals surface area contributed by atoms with E-state index in [1.165, 1.54) is 5.56 Å². The van der Waals surface area contributed by atoms with Crippen LogP contribution in [-0.4, -0.2) is 4.36 Å². The largest absolute Gasteiger partial charge is 0.299 e. The zero-order valence-electron chi connectivity index (χ0n) is 7.00. The molecule has 1 aromatic carbocycles. The third-order valence-corrected chi connectivity index (χ3v) is 2.65. The molecule has 12 heavy (non-hydrogen) atoms. The highest BCUT2D eigenvalue weighted by Gasteiger charge is 2.11. The maximum absolute atomic E-state index is 3.49. The van der Waals surface area contributed by atoms with Gasteiger partial charge in [0.15, 0.2) is 0 Å². The molecule has 0 amide bonds. The van der Waals surface area contributed by atoms with Crippen molar-refractivity contribution in [3.05, 3.63) is 35.9 Å². The fourth-order valence-electron chi connectivity index (χ4n) is 1.18. The molecule has 64 valence electrons. The first kappa shape index (κ1) is 10.3. The molecule has 0 radical (unpaired) electrons. The zero-order chi connectivity index (χ0) is 8.97. The van der Waals surface area contributed by atoms with Gasteiger partial charge in [-0.05, 0) is 17.8 Å². The first-order valence-corrected chi connectivity index (χ1v) is 5.86. The molecule has 0 aliphatic heterocycles. The van der Waals surface area contributed by atoms with E-state index in [0.717, 1.165) is 6.32 Å². The Morgan fingerprint density at radius 3 is 2.33 bits per heavy atom. The second-order valence-corrected chi connectivity index (χ2v) is 6.38. The molecule has 0 aromatic heterocycles. The summed E-state index contributed by atoms with van der Waals surface area (Å²) in [6.07, 6.45) is 1.12. The van der Waals surface area contributed by atoms with Crippen molar-refractivity contribution in [3.8, 4) is 0 Å². The standard InChI is InChI=1S/C9H11BBr2/c1-8(7-10(11)12)9-5-3-2-4-6-9/h2-6,8H,7H2,1H3. The van der Waals surface area contributed by atoms with Gasteiger partial charge in [-0.1, -0.05) is 37.3 Å². The molecule has 1 unspecified atom stereocenters. The molecule has 1 rings (SSSR count). The van der Waals surface area contributed by atoms with Crippen LogP contribution in [0.1, 0.15) is 18.4 Å². The highest BCUT2D eigenvalue weighted by molar-refractivity contribution is 9.49. The summed E-state index contributed by atoms with van der Waals surface area (Å²) in [5.74, 6) is 0.606. The summed E-state index contributed by atoms with van der Waals surface area (Å²) in [5, 5.41) is 0. The van der Waals surface area contributed by atoms with Crippen LogP contribution < -0.4 is 0 Å². The summed E-state index contributed by atoms with van der Waals surface area (Å²) < 4.78 is 0.417. The normalized spacial score (nSPS) is 12.6. The molecule has 0 saturated carbocycles. The lowest BCUT2D eigenvalue weighted by atomic mass is 9.87. The van der Waals surface area contributed by atoms with E-state index in [-0.39, 0.29) is 0 Å². The molecule has 3 heteroatoms. The number of benzene rings is 1. The van der Waals surface area contributed by atoms with Crippen molar-refractivity contribution in [2.24, 2.45) is 0 Å². The summed E-state index contributed by atoms with van der Waals surface area (Å²) in [5.41, 5.74) is 1.40. The van der Waals surface area contributed by atoms with Crippen LogP contribution in [0.15, 0.2) is 30.3 Å². The lowest BCUT2D eigenvalue weighted by Gasteiger charge is -2.10. The Morgan fingerprint density at radius 1 is 1.25 bits per heavy atom. The fourth-order valence-corrected chi connectivity index (χ4v) is 2.31. The van der Waals surface area contributed by atoms with Gasteiger partial charge in [-0.2, -0.15) is 0 Å². The quantitative estimate of drug-likeness (QED) is 0.736. The van der Waals surface area contributed by atoms with Crippen LogP contribution in [0.2, 0.25) is 6.32 Å². The van der Waals surface area contributed by atoms with E-state index in [0.29, 0.717) is 10.3 Å². The van der Waals surface area contributed by atoms with E-state index in [1.807, 2.05) is 0 Å². The SMILES string of the molecule is CC(CB(Br)Br)c1ccccc1. The summed E-state index contributed by atoms with van der Waals surface area (Å²) in [7, 11) is 0. The van der Waals surface area contributed by atoms with Crippen LogP contribution >= 0.6 is 31.5 Å². The van der Waals surface area contributed by atoms with Crippen molar-refractivity contribution in [3.63, 3.8) is 0 Å².